The summed E-state index contributed by atoms with van der Waals surface area (Å²) in [7, 11) is 0. The Morgan fingerprint density at radius 3 is 2.76 bits per heavy atom. The van der Waals surface area contributed by atoms with Crippen LogP contribution in [0.25, 0.3) is 0 Å². The number of hydrogen-bond donors (Lipinski definition) is 1. The quantitative estimate of drug-likeness (QED) is 0.880. The van der Waals surface area contributed by atoms with Gasteiger partial charge in [0.1, 0.15) is 0 Å². The third kappa shape index (κ3) is 3.91. The Balaban J connectivity index is 1.48. The molecule has 2 unspecified atom stereocenters. The van der Waals surface area contributed by atoms with Gasteiger partial charge in [0.25, 0.3) is 0 Å². The van der Waals surface area contributed by atoms with Gasteiger partial charge in [0.2, 0.25) is 11.8 Å². The lowest BCUT2D eigenvalue weighted by atomic mass is 10.1. The van der Waals surface area contributed by atoms with Crippen molar-refractivity contribution in [3.05, 3.63) is 29.8 Å². The molecule has 0 bridgehead atoms. The predicted molar refractivity (Wildman–Crippen MR) is 90.0 cm³/mol. The Morgan fingerprint density at radius 2 is 2.08 bits per heavy atom. The Bertz CT molecular complexity index is 668. The minimum Gasteiger partial charge on any atom is -0.371 e. The number of anilines is 1. The topological polar surface area (TPSA) is 52.7 Å². The fourth-order valence-corrected chi connectivity index (χ4v) is 3.56. The molecular formula is C18H23F2N3O2. The number of benzene rings is 1. The second-order valence-corrected chi connectivity index (χ2v) is 6.78. The van der Waals surface area contributed by atoms with E-state index in [0.717, 1.165) is 19.0 Å². The molecule has 1 aromatic rings. The summed E-state index contributed by atoms with van der Waals surface area (Å²) < 4.78 is 26.4. The highest BCUT2D eigenvalue weighted by molar-refractivity contribution is 5.89. The molecule has 1 N–H and O–H groups in total. The van der Waals surface area contributed by atoms with Gasteiger partial charge in [0, 0.05) is 50.9 Å². The highest BCUT2D eigenvalue weighted by atomic mass is 19.2. The number of halogens is 2. The number of carbonyl (C=O) groups is 2. The van der Waals surface area contributed by atoms with Gasteiger partial charge < -0.3 is 15.1 Å². The number of amides is 2. The highest BCUT2D eigenvalue weighted by Gasteiger charge is 2.33. The van der Waals surface area contributed by atoms with E-state index < -0.39 is 11.6 Å². The smallest absolute Gasteiger partial charge is 0.225 e. The van der Waals surface area contributed by atoms with Crippen LogP contribution in [0.1, 0.15) is 19.8 Å². The summed E-state index contributed by atoms with van der Waals surface area (Å²) >= 11 is 0. The first kappa shape index (κ1) is 17.6. The Kier molecular flexibility index (Phi) is 5.20. The van der Waals surface area contributed by atoms with E-state index >= 15 is 0 Å². The van der Waals surface area contributed by atoms with Crippen molar-refractivity contribution in [3.63, 3.8) is 0 Å². The molecule has 2 aliphatic heterocycles. The Labute approximate surface area is 146 Å². The average Bonchev–Trinajstić information content (AvgIpc) is 3.21. The summed E-state index contributed by atoms with van der Waals surface area (Å²) in [5.74, 6) is -1.74. The molecule has 0 aliphatic carbocycles. The van der Waals surface area contributed by atoms with Gasteiger partial charge in [-0.2, -0.15) is 0 Å². The fourth-order valence-electron chi connectivity index (χ4n) is 3.56. The number of rotatable bonds is 5. The van der Waals surface area contributed by atoms with E-state index in [9.17, 15) is 18.4 Å². The van der Waals surface area contributed by atoms with Gasteiger partial charge in [-0.3, -0.25) is 9.59 Å². The van der Waals surface area contributed by atoms with Gasteiger partial charge in [0.05, 0.1) is 5.92 Å². The molecule has 7 heteroatoms. The molecule has 5 nitrogen and oxygen atoms in total. The molecule has 0 aromatic heterocycles. The van der Waals surface area contributed by atoms with E-state index in [2.05, 4.69) is 5.32 Å². The van der Waals surface area contributed by atoms with Crippen LogP contribution < -0.4 is 10.2 Å². The van der Waals surface area contributed by atoms with Crippen LogP contribution in [0.5, 0.6) is 0 Å². The van der Waals surface area contributed by atoms with Crippen molar-refractivity contribution >= 4 is 17.5 Å². The lowest BCUT2D eigenvalue weighted by molar-refractivity contribution is -0.128. The van der Waals surface area contributed by atoms with E-state index in [-0.39, 0.29) is 30.1 Å². The van der Waals surface area contributed by atoms with Gasteiger partial charge in [-0.15, -0.1) is 0 Å². The zero-order valence-electron chi connectivity index (χ0n) is 14.3. The predicted octanol–water partition coefficient (Wildman–Crippen LogP) is 1.78. The van der Waals surface area contributed by atoms with Gasteiger partial charge >= 0.3 is 0 Å². The van der Waals surface area contributed by atoms with Gasteiger partial charge in [0.15, 0.2) is 11.6 Å². The van der Waals surface area contributed by atoms with E-state index in [1.165, 1.54) is 6.07 Å². The maximum Gasteiger partial charge on any atom is 0.225 e. The lowest BCUT2D eigenvalue weighted by Gasteiger charge is -2.19. The molecule has 0 spiro atoms. The molecule has 3 rings (SSSR count). The Morgan fingerprint density at radius 1 is 1.28 bits per heavy atom. The zero-order valence-corrected chi connectivity index (χ0v) is 14.3. The molecular weight excluding hydrogens is 328 g/mol. The molecule has 2 saturated heterocycles. The molecule has 2 aliphatic rings. The van der Waals surface area contributed by atoms with Crippen molar-refractivity contribution in [3.8, 4) is 0 Å². The summed E-state index contributed by atoms with van der Waals surface area (Å²) in [6.45, 7) is 5.01. The molecule has 2 amide bonds. The van der Waals surface area contributed by atoms with Crippen molar-refractivity contribution in [2.75, 3.05) is 37.6 Å². The number of nitrogens with one attached hydrogen (secondary N) is 1. The molecule has 0 radical (unpaired) electrons. The van der Waals surface area contributed by atoms with E-state index in [1.54, 1.807) is 11.0 Å². The van der Waals surface area contributed by atoms with E-state index in [4.69, 9.17) is 0 Å². The monoisotopic (exact) mass is 351 g/mol. The van der Waals surface area contributed by atoms with Gasteiger partial charge in [-0.25, -0.2) is 8.78 Å². The van der Waals surface area contributed by atoms with Crippen LogP contribution in [0.15, 0.2) is 18.2 Å². The summed E-state index contributed by atoms with van der Waals surface area (Å²) in [6, 6.07) is 3.92. The van der Waals surface area contributed by atoms with Gasteiger partial charge in [-0.05, 0) is 31.4 Å². The molecule has 2 fully saturated rings. The third-order valence-electron chi connectivity index (χ3n) is 5.09. The zero-order chi connectivity index (χ0) is 18.0. The first-order chi connectivity index (χ1) is 12.0. The maximum absolute atomic E-state index is 13.4. The summed E-state index contributed by atoms with van der Waals surface area (Å²) in [4.78, 5) is 27.7. The number of carbonyl (C=O) groups excluding carboxylic acids is 2. The fraction of sp³-hybridized carbons (Fsp3) is 0.556. The van der Waals surface area contributed by atoms with Crippen molar-refractivity contribution < 1.29 is 18.4 Å². The minimum atomic E-state index is -0.848. The van der Waals surface area contributed by atoms with Crippen LogP contribution in [0.2, 0.25) is 0 Å². The maximum atomic E-state index is 13.4. The van der Waals surface area contributed by atoms with Crippen LogP contribution in [0, 0.1) is 23.5 Å². The van der Waals surface area contributed by atoms with Crippen LogP contribution >= 0.6 is 0 Å². The highest BCUT2D eigenvalue weighted by Crippen LogP contribution is 2.25. The minimum absolute atomic E-state index is 0.0352. The second kappa shape index (κ2) is 7.37. The summed E-state index contributed by atoms with van der Waals surface area (Å²) in [6.07, 6.45) is 1.16. The van der Waals surface area contributed by atoms with E-state index in [0.29, 0.717) is 31.9 Å². The summed E-state index contributed by atoms with van der Waals surface area (Å²) in [5.41, 5.74) is 0.660. The first-order valence-electron chi connectivity index (χ1n) is 8.73. The average molecular weight is 351 g/mol. The number of hydrogen-bond acceptors (Lipinski definition) is 3. The van der Waals surface area contributed by atoms with Crippen LogP contribution in [-0.2, 0) is 9.59 Å². The summed E-state index contributed by atoms with van der Waals surface area (Å²) in [5, 5.41) is 2.95. The molecule has 25 heavy (non-hydrogen) atoms. The normalized spacial score (nSPS) is 23.4. The first-order valence-corrected chi connectivity index (χ1v) is 8.73. The molecule has 2 atom stereocenters. The van der Waals surface area contributed by atoms with Crippen molar-refractivity contribution in [2.45, 2.75) is 19.8 Å². The van der Waals surface area contributed by atoms with Crippen LogP contribution in [0.4, 0.5) is 14.5 Å². The van der Waals surface area contributed by atoms with Crippen molar-refractivity contribution in [1.82, 2.24) is 10.2 Å². The lowest BCUT2D eigenvalue weighted by Crippen LogP contribution is -2.36. The second-order valence-electron chi connectivity index (χ2n) is 6.78. The molecule has 1 aromatic carbocycles. The van der Waals surface area contributed by atoms with Crippen LogP contribution in [-0.4, -0.2) is 49.4 Å². The molecule has 0 saturated carbocycles. The third-order valence-corrected chi connectivity index (χ3v) is 5.09. The van der Waals surface area contributed by atoms with Crippen molar-refractivity contribution in [2.24, 2.45) is 11.8 Å². The van der Waals surface area contributed by atoms with Crippen molar-refractivity contribution in [1.29, 1.82) is 0 Å². The molecule has 2 heterocycles. The van der Waals surface area contributed by atoms with Crippen LogP contribution in [0.3, 0.4) is 0 Å². The largest absolute Gasteiger partial charge is 0.371 e. The SMILES string of the molecule is CCN1CC(C(=O)NCC2CCN(c3ccc(F)c(F)c3)C2)CC1=O. The van der Waals surface area contributed by atoms with E-state index in [1.807, 2.05) is 11.8 Å². The molecule has 136 valence electrons. The van der Waals surface area contributed by atoms with Gasteiger partial charge in [-0.1, -0.05) is 0 Å². The number of likely N-dealkylation sites (tertiary alicyclic amines) is 1. The number of nitrogens with zero attached hydrogens (tertiary/aromatic N) is 2. The standard InChI is InChI=1S/C18H23F2N3O2/c1-2-22-11-13(7-17(22)24)18(25)21-9-12-5-6-23(10-12)14-3-4-15(19)16(20)8-14/h3-4,8,12-13H,2,5-7,9-11H2,1H3,(H,21,25). The Hall–Kier alpha value is -2.18.